The lowest BCUT2D eigenvalue weighted by atomic mass is 10.3. The molecule has 3 heteroatoms. The predicted molar refractivity (Wildman–Crippen MR) is 46.4 cm³/mol. The Balaban J connectivity index is 0.00000121. The zero-order valence-corrected chi connectivity index (χ0v) is 7.26. The quantitative estimate of drug-likeness (QED) is 0.633. The maximum atomic E-state index is 10.7. The van der Waals surface area contributed by atoms with Crippen LogP contribution >= 0.6 is 0 Å². The molecule has 1 amide bonds. The van der Waals surface area contributed by atoms with E-state index in [-0.39, 0.29) is 7.33 Å². The second kappa shape index (κ2) is 3.72. The number of nitrogens with zero attached hydrogens (tertiary/aromatic N) is 1. The van der Waals surface area contributed by atoms with Crippen LogP contribution in [0.4, 0.5) is 0 Å². The fourth-order valence-corrected chi connectivity index (χ4v) is 1.53. The summed E-state index contributed by atoms with van der Waals surface area (Å²) in [4.78, 5) is 13.0. The first-order valence-electron chi connectivity index (χ1n) is 4.22. The van der Waals surface area contributed by atoms with E-state index in [1.165, 1.54) is 0 Å². The Morgan fingerprint density at radius 2 is 2.55 bits per heavy atom. The number of carbonyl (C=O) groups is 1. The Hall–Kier alpha value is -0.570. The lowest BCUT2D eigenvalue weighted by molar-refractivity contribution is -0.119. The predicted octanol–water partition coefficient (Wildman–Crippen LogP) is 0.463. The molecule has 1 saturated heterocycles. The fourth-order valence-electron chi connectivity index (χ4n) is 1.53. The minimum Gasteiger partial charge on any atom is -0.352 e. The van der Waals surface area contributed by atoms with E-state index in [0.29, 0.717) is 6.04 Å². The van der Waals surface area contributed by atoms with E-state index in [1.807, 2.05) is 0 Å². The van der Waals surface area contributed by atoms with Crippen LogP contribution in [-0.2, 0) is 4.79 Å². The first-order valence-corrected chi connectivity index (χ1v) is 4.22. The van der Waals surface area contributed by atoms with Crippen LogP contribution in [0.25, 0.3) is 0 Å². The molecule has 0 aliphatic carbocycles. The topological polar surface area (TPSA) is 32.3 Å². The van der Waals surface area contributed by atoms with Gasteiger partial charge in [0.15, 0.2) is 0 Å². The van der Waals surface area contributed by atoms with E-state index in [0.717, 1.165) is 26.1 Å². The van der Waals surface area contributed by atoms with E-state index in [4.69, 9.17) is 0 Å². The lowest BCUT2D eigenvalue weighted by Gasteiger charge is -2.13. The first kappa shape index (κ1) is 8.53. The molecule has 66 valence electrons. The van der Waals surface area contributed by atoms with Gasteiger partial charge in [0.25, 0.3) is 0 Å². The van der Waals surface area contributed by atoms with Crippen LogP contribution in [0.15, 0.2) is 0 Å². The Morgan fingerprint density at radius 3 is 3.00 bits per heavy atom. The summed E-state index contributed by atoms with van der Waals surface area (Å²) >= 11 is 0. The molecule has 1 heterocycles. The summed E-state index contributed by atoms with van der Waals surface area (Å²) in [6, 6.07) is 0.396. The molecule has 1 unspecified atom stereocenters. The lowest BCUT2D eigenvalue weighted by Crippen LogP contribution is -2.35. The number of carbonyl (C=O) groups excluding carboxylic acids is 1. The summed E-state index contributed by atoms with van der Waals surface area (Å²) in [6.07, 6.45) is 1.10. The number of likely N-dealkylation sites (tertiary alicyclic amines) is 1. The van der Waals surface area contributed by atoms with Gasteiger partial charge in [-0.05, 0) is 13.0 Å². The van der Waals surface area contributed by atoms with Crippen LogP contribution in [0.5, 0.6) is 0 Å². The van der Waals surface area contributed by atoms with Crippen LogP contribution in [0.3, 0.4) is 0 Å². The van der Waals surface area contributed by atoms with Crippen LogP contribution in [0.2, 0.25) is 0 Å². The number of hydrogen-bond donors (Lipinski definition) is 1. The largest absolute Gasteiger partial charge is 0.352 e. The summed E-state index contributed by atoms with van der Waals surface area (Å²) in [5.41, 5.74) is 0. The Labute approximate surface area is 69.2 Å². The van der Waals surface area contributed by atoms with Crippen LogP contribution in [0.1, 0.15) is 21.7 Å². The third-order valence-electron chi connectivity index (χ3n) is 2.13. The highest BCUT2D eigenvalue weighted by molar-refractivity contribution is 5.73. The molecule has 0 spiro atoms. The van der Waals surface area contributed by atoms with Gasteiger partial charge in [0.1, 0.15) is 0 Å². The van der Waals surface area contributed by atoms with Crippen molar-refractivity contribution in [1.29, 1.82) is 0 Å². The second-order valence-electron chi connectivity index (χ2n) is 3.08. The highest BCUT2D eigenvalue weighted by Gasteiger charge is 2.20. The fraction of sp³-hybridized carbons (Fsp3) is 0.875. The van der Waals surface area contributed by atoms with Crippen molar-refractivity contribution in [2.75, 3.05) is 19.6 Å². The average molecular weight is 158 g/mol. The highest BCUT2D eigenvalue weighted by Crippen LogP contribution is 2.07. The minimum absolute atomic E-state index is 0. The zero-order valence-electron chi connectivity index (χ0n) is 7.26. The molecule has 0 aromatic heterocycles. The number of amides is 1. The summed E-state index contributed by atoms with van der Waals surface area (Å²) < 4.78 is 0. The van der Waals surface area contributed by atoms with E-state index >= 15 is 0 Å². The van der Waals surface area contributed by atoms with Crippen molar-refractivity contribution in [3.8, 4) is 0 Å². The second-order valence-corrected chi connectivity index (χ2v) is 3.08. The van der Waals surface area contributed by atoms with E-state index in [2.05, 4.69) is 17.1 Å². The molecule has 1 aliphatic rings. The molecule has 1 rings (SSSR count). The summed E-state index contributed by atoms with van der Waals surface area (Å²) in [7, 11) is 0. The van der Waals surface area contributed by atoms with Crippen molar-refractivity contribution < 1.29 is 6.22 Å². The third kappa shape index (κ3) is 2.50. The summed E-state index contributed by atoms with van der Waals surface area (Å²) in [6.45, 7) is 6.97. The molecule has 1 atom stereocenters. The van der Waals surface area contributed by atoms with Gasteiger partial charge in [-0.3, -0.25) is 4.79 Å². The van der Waals surface area contributed by atoms with Gasteiger partial charge >= 0.3 is 0 Å². The Morgan fingerprint density at radius 1 is 1.82 bits per heavy atom. The molecule has 0 aromatic rings. The number of hydrogen-bond acceptors (Lipinski definition) is 2. The SMILES string of the molecule is CCN1CCC(NC(C)=O)C1.[HH]. The molecule has 1 fully saturated rings. The van der Waals surface area contributed by atoms with Crippen molar-refractivity contribution >= 4 is 5.91 Å². The Bertz CT molecular complexity index is 152. The van der Waals surface area contributed by atoms with Gasteiger partial charge in [0.05, 0.1) is 0 Å². The zero-order chi connectivity index (χ0) is 8.27. The molecule has 1 N–H and O–H groups in total. The van der Waals surface area contributed by atoms with Crippen molar-refractivity contribution in [2.45, 2.75) is 26.3 Å². The molecule has 0 saturated carbocycles. The monoisotopic (exact) mass is 158 g/mol. The van der Waals surface area contributed by atoms with Gasteiger partial charge in [0.2, 0.25) is 5.91 Å². The van der Waals surface area contributed by atoms with E-state index in [9.17, 15) is 4.79 Å². The van der Waals surface area contributed by atoms with Crippen molar-refractivity contribution in [3.63, 3.8) is 0 Å². The summed E-state index contributed by atoms with van der Waals surface area (Å²) in [5, 5.41) is 2.93. The first-order chi connectivity index (χ1) is 5.22. The molecule has 11 heavy (non-hydrogen) atoms. The summed E-state index contributed by atoms with van der Waals surface area (Å²) in [5.74, 6) is 0.0907. The minimum atomic E-state index is 0. The number of rotatable bonds is 2. The van der Waals surface area contributed by atoms with Crippen LogP contribution < -0.4 is 5.32 Å². The number of likely N-dealkylation sites (N-methyl/N-ethyl adjacent to an activating group) is 1. The van der Waals surface area contributed by atoms with Gasteiger partial charge < -0.3 is 10.2 Å². The molecular weight excluding hydrogens is 140 g/mol. The van der Waals surface area contributed by atoms with Crippen molar-refractivity contribution in [2.24, 2.45) is 0 Å². The maximum absolute atomic E-state index is 10.7. The van der Waals surface area contributed by atoms with Gasteiger partial charge in [-0.25, -0.2) is 0 Å². The third-order valence-corrected chi connectivity index (χ3v) is 2.13. The number of nitrogens with one attached hydrogen (secondary N) is 1. The van der Waals surface area contributed by atoms with E-state index < -0.39 is 0 Å². The Kier molecular flexibility index (Phi) is 2.88. The standard InChI is InChI=1S/C8H16N2O.H2/c1-3-10-5-4-8(6-10)9-7(2)11;/h8H,3-6H2,1-2H3,(H,9,11);1H. The van der Waals surface area contributed by atoms with E-state index in [1.54, 1.807) is 6.92 Å². The average Bonchev–Trinajstić information content (AvgIpc) is 2.34. The normalized spacial score (nSPS) is 25.5. The molecule has 0 radical (unpaired) electrons. The van der Waals surface area contributed by atoms with Gasteiger partial charge in [-0.2, -0.15) is 0 Å². The smallest absolute Gasteiger partial charge is 0.217 e. The van der Waals surface area contributed by atoms with Crippen LogP contribution in [-0.4, -0.2) is 36.5 Å². The van der Waals surface area contributed by atoms with Gasteiger partial charge in [-0.15, -0.1) is 0 Å². The van der Waals surface area contributed by atoms with Gasteiger partial charge in [0, 0.05) is 27.5 Å². The maximum Gasteiger partial charge on any atom is 0.217 e. The molecular formula is C8H18N2O. The van der Waals surface area contributed by atoms with Crippen LogP contribution in [0, 0.1) is 0 Å². The molecule has 3 nitrogen and oxygen atoms in total. The molecule has 0 bridgehead atoms. The highest BCUT2D eigenvalue weighted by atomic mass is 16.1. The molecule has 1 aliphatic heterocycles. The van der Waals surface area contributed by atoms with Crippen molar-refractivity contribution in [1.82, 2.24) is 10.2 Å². The molecule has 0 aromatic carbocycles. The van der Waals surface area contributed by atoms with Gasteiger partial charge in [-0.1, -0.05) is 6.92 Å². The van der Waals surface area contributed by atoms with Crippen molar-refractivity contribution in [3.05, 3.63) is 0 Å².